The first kappa shape index (κ1) is 12.9. The molecule has 0 aliphatic heterocycles. The third kappa shape index (κ3) is 5.09. The fourth-order valence-electron chi connectivity index (χ4n) is 0.784. The molecule has 1 aromatic heterocycles. The van der Waals surface area contributed by atoms with E-state index in [0.717, 1.165) is 4.88 Å². The van der Waals surface area contributed by atoms with Gasteiger partial charge in [0, 0.05) is 19.0 Å². The molecule has 0 bridgehead atoms. The molecule has 86 valence electrons. The van der Waals surface area contributed by atoms with Gasteiger partial charge in [0.15, 0.2) is 0 Å². The van der Waals surface area contributed by atoms with Gasteiger partial charge in [0.1, 0.15) is 0 Å². The monoisotopic (exact) mass is 254 g/mol. The van der Waals surface area contributed by atoms with E-state index in [-0.39, 0.29) is 0 Å². The highest BCUT2D eigenvalue weighted by molar-refractivity contribution is 8.13. The van der Waals surface area contributed by atoms with E-state index in [1.807, 2.05) is 42.8 Å². The van der Waals surface area contributed by atoms with E-state index in [1.165, 1.54) is 11.8 Å². The van der Waals surface area contributed by atoms with Crippen molar-refractivity contribution in [2.75, 3.05) is 20.4 Å². The lowest BCUT2D eigenvalue weighted by atomic mass is 10.5. The minimum Gasteiger partial charge on any atom is -0.369 e. The fraction of sp³-hybridized carbons (Fsp3) is 0.300. The first-order valence-corrected chi connectivity index (χ1v) is 6.72. The molecule has 0 saturated heterocycles. The van der Waals surface area contributed by atoms with Crippen molar-refractivity contribution in [3.8, 4) is 0 Å². The molecule has 0 unspecified atom stereocenters. The van der Waals surface area contributed by atoms with Crippen LogP contribution in [0.3, 0.4) is 0 Å². The number of thioether (sulfide) groups is 1. The zero-order chi connectivity index (χ0) is 11.8. The summed E-state index contributed by atoms with van der Waals surface area (Å²) in [6.45, 7) is 0. The van der Waals surface area contributed by atoms with Crippen molar-refractivity contribution in [1.82, 2.24) is 4.90 Å². The van der Waals surface area contributed by atoms with Crippen LogP contribution in [0, 0.1) is 0 Å². The lowest BCUT2D eigenvalue weighted by Crippen LogP contribution is -2.08. The van der Waals surface area contributed by atoms with Gasteiger partial charge in [-0.15, -0.1) is 16.4 Å². The second-order valence-electron chi connectivity index (χ2n) is 3.05. The third-order valence-corrected chi connectivity index (χ3v) is 2.81. The van der Waals surface area contributed by atoms with Crippen LogP contribution in [0.15, 0.2) is 32.7 Å². The molecule has 0 aromatic carbocycles. The van der Waals surface area contributed by atoms with Crippen LogP contribution in [0.4, 0.5) is 0 Å². The summed E-state index contributed by atoms with van der Waals surface area (Å²) in [5, 5.41) is 10.6. The maximum atomic E-state index is 4.16. The molecular weight excluding hydrogens is 240 g/mol. The number of hydrogen-bond acceptors (Lipinski definition) is 4. The Kier molecular flexibility index (Phi) is 5.81. The van der Waals surface area contributed by atoms with Gasteiger partial charge in [0.05, 0.1) is 12.6 Å². The molecule has 0 amide bonds. The van der Waals surface area contributed by atoms with Crippen LogP contribution in [0.5, 0.6) is 0 Å². The normalized spacial score (nSPS) is 12.8. The Balaban J connectivity index is 2.59. The maximum Gasteiger partial charge on any atom is 0.210 e. The molecule has 4 nitrogen and oxygen atoms in total. The Morgan fingerprint density at radius 2 is 2.31 bits per heavy atom. The second kappa shape index (κ2) is 7.19. The summed E-state index contributed by atoms with van der Waals surface area (Å²) in [6, 6.07) is 3.97. The van der Waals surface area contributed by atoms with E-state index in [1.54, 1.807) is 23.9 Å². The number of thiophene rings is 1. The van der Waals surface area contributed by atoms with Crippen LogP contribution in [-0.4, -0.2) is 43.0 Å². The predicted molar refractivity (Wildman–Crippen MR) is 75.0 cm³/mol. The van der Waals surface area contributed by atoms with Gasteiger partial charge in [-0.05, 0) is 17.7 Å². The van der Waals surface area contributed by atoms with Crippen LogP contribution >= 0.6 is 23.1 Å². The van der Waals surface area contributed by atoms with Gasteiger partial charge >= 0.3 is 0 Å². The maximum absolute atomic E-state index is 4.16. The van der Waals surface area contributed by atoms with Gasteiger partial charge < -0.3 is 4.90 Å². The van der Waals surface area contributed by atoms with Crippen molar-refractivity contribution in [2.45, 2.75) is 0 Å². The van der Waals surface area contributed by atoms with Crippen LogP contribution in [0.25, 0.3) is 0 Å². The zero-order valence-electron chi connectivity index (χ0n) is 9.49. The Morgan fingerprint density at radius 1 is 1.50 bits per heavy atom. The Hall–Kier alpha value is -1.14. The molecule has 0 saturated carbocycles. The Bertz CT molecular complexity index is 380. The summed E-state index contributed by atoms with van der Waals surface area (Å²) in [6.07, 6.45) is 5.36. The highest BCUT2D eigenvalue weighted by Crippen LogP contribution is 2.05. The van der Waals surface area contributed by atoms with E-state index in [9.17, 15) is 0 Å². The van der Waals surface area contributed by atoms with E-state index >= 15 is 0 Å². The average molecular weight is 254 g/mol. The number of aliphatic imine (C=N–C) groups is 1. The fourth-order valence-corrected chi connectivity index (χ4v) is 1.64. The second-order valence-corrected chi connectivity index (χ2v) is 4.81. The van der Waals surface area contributed by atoms with Crippen molar-refractivity contribution in [1.29, 1.82) is 0 Å². The lowest BCUT2D eigenvalue weighted by molar-refractivity contribution is 0.644. The molecule has 6 heteroatoms. The van der Waals surface area contributed by atoms with Crippen molar-refractivity contribution in [2.24, 2.45) is 15.2 Å². The first-order chi connectivity index (χ1) is 7.72. The minimum atomic E-state index is 0.640. The SMILES string of the molecule is CSC(N=CN(C)C)=NN=Cc1cccs1. The molecule has 0 aliphatic rings. The number of nitrogens with zero attached hydrogens (tertiary/aromatic N) is 4. The van der Waals surface area contributed by atoms with Gasteiger partial charge in [-0.25, -0.2) is 4.99 Å². The molecule has 1 heterocycles. The van der Waals surface area contributed by atoms with Crippen LogP contribution in [0.2, 0.25) is 0 Å². The number of hydrogen-bond donors (Lipinski definition) is 0. The van der Waals surface area contributed by atoms with Crippen molar-refractivity contribution in [3.05, 3.63) is 22.4 Å². The quantitative estimate of drug-likeness (QED) is 0.472. The third-order valence-electron chi connectivity index (χ3n) is 1.45. The Labute approximate surface area is 104 Å². The topological polar surface area (TPSA) is 40.3 Å². The molecule has 0 fully saturated rings. The largest absolute Gasteiger partial charge is 0.369 e. The minimum absolute atomic E-state index is 0.640. The molecule has 0 atom stereocenters. The van der Waals surface area contributed by atoms with Crippen molar-refractivity contribution >= 4 is 40.8 Å². The molecule has 1 aromatic rings. The summed E-state index contributed by atoms with van der Waals surface area (Å²) >= 11 is 3.09. The summed E-state index contributed by atoms with van der Waals surface area (Å²) in [4.78, 5) is 7.10. The molecule has 0 aliphatic carbocycles. The molecule has 0 N–H and O–H groups in total. The average Bonchev–Trinajstić information content (AvgIpc) is 2.75. The first-order valence-electron chi connectivity index (χ1n) is 4.61. The molecule has 1 rings (SSSR count). The van der Waals surface area contributed by atoms with Crippen molar-refractivity contribution < 1.29 is 0 Å². The standard InChI is InChI=1S/C10H14N4S2/c1-14(2)8-11-10(15-3)13-12-7-9-5-4-6-16-9/h4-8H,1-3H3. The van der Waals surface area contributed by atoms with E-state index in [2.05, 4.69) is 15.2 Å². The highest BCUT2D eigenvalue weighted by Gasteiger charge is 1.91. The summed E-state index contributed by atoms with van der Waals surface area (Å²) < 4.78 is 0. The number of amidine groups is 1. The smallest absolute Gasteiger partial charge is 0.210 e. The molecule has 16 heavy (non-hydrogen) atoms. The van der Waals surface area contributed by atoms with Crippen molar-refractivity contribution in [3.63, 3.8) is 0 Å². The molecular formula is C10H14N4S2. The van der Waals surface area contributed by atoms with E-state index in [0.29, 0.717) is 5.17 Å². The summed E-state index contributed by atoms with van der Waals surface area (Å²) in [7, 11) is 3.83. The predicted octanol–water partition coefficient (Wildman–Crippen LogP) is 2.39. The molecule has 0 spiro atoms. The van der Waals surface area contributed by atoms with Gasteiger partial charge in [0.25, 0.3) is 0 Å². The molecule has 0 radical (unpaired) electrons. The highest BCUT2D eigenvalue weighted by atomic mass is 32.2. The van der Waals surface area contributed by atoms with Crippen LogP contribution in [-0.2, 0) is 0 Å². The number of rotatable bonds is 3. The van der Waals surface area contributed by atoms with Gasteiger partial charge in [-0.1, -0.05) is 17.8 Å². The van der Waals surface area contributed by atoms with Gasteiger partial charge in [0.2, 0.25) is 5.17 Å². The van der Waals surface area contributed by atoms with Crippen LogP contribution < -0.4 is 0 Å². The van der Waals surface area contributed by atoms with Crippen LogP contribution in [0.1, 0.15) is 4.88 Å². The van der Waals surface area contributed by atoms with E-state index in [4.69, 9.17) is 0 Å². The van der Waals surface area contributed by atoms with Gasteiger partial charge in [-0.3, -0.25) is 0 Å². The summed E-state index contributed by atoms with van der Waals surface area (Å²) in [5.41, 5.74) is 0. The Morgan fingerprint density at radius 3 is 2.88 bits per heavy atom. The zero-order valence-corrected chi connectivity index (χ0v) is 11.1. The lowest BCUT2D eigenvalue weighted by Gasteiger charge is -2.01. The van der Waals surface area contributed by atoms with E-state index < -0.39 is 0 Å². The van der Waals surface area contributed by atoms with Gasteiger partial charge in [-0.2, -0.15) is 5.10 Å². The summed E-state index contributed by atoms with van der Waals surface area (Å²) in [5.74, 6) is 0.